The second kappa shape index (κ2) is 16.1. The van der Waals surface area contributed by atoms with E-state index in [9.17, 15) is 39.5 Å². The molecule has 0 nitrogen and oxygen atoms in total. The van der Waals surface area contributed by atoms with E-state index in [4.69, 9.17) is 17.0 Å². The standard InChI is InChI=1S/C26H31.C21H14F9.C2H7Si.2ClH.Zr/c1-18-8-10-19(11-9-18)22-16-21-6-5-7-24(25(21)17-22)20-12-14-23(15-13-20)26(2,3)4;1-2-12-10-14-4-3-5-16(17(14)11-12)13-6-8-15(9-7-13)18(19(22,23)24,20(25,26)27)21(28,29)30;1-3-2;;;/h5-7,12-19H,8-11H2,1-4H3;3-11H,2H2,1H3;3H,1-2H3;2*1H;/q;;;;;+2/p-2. The summed E-state index contributed by atoms with van der Waals surface area (Å²) in [7, 11) is 17.4. The molecule has 0 bridgehead atoms. The van der Waals surface area contributed by atoms with Crippen LogP contribution in [0.3, 0.4) is 0 Å². The first-order valence-corrected chi connectivity index (χ1v) is 37.7. The SMILES string of the molecule is CCC1=Cc2c(-c3ccc(C(C(F)(F)F)(C(F)(F)F)C(F)(F)F)cc3)cccc2[CH]1[Zr]([Cl])([Cl])([CH]1C(C2CCC(C)CC2)=Cc2c(-c3ccc(C(C)(C)C)cc3)cccc21)[SiH](C)C. The molecule has 2 atom stereocenters. The monoisotopic (exact) mass is 999 g/mol. The number of allylic oxidation sites excluding steroid dienone is 2. The minimum absolute atomic E-state index is 0.0162. The van der Waals surface area contributed by atoms with Crippen molar-refractivity contribution >= 4 is 35.1 Å². The normalized spacial score (nSPS) is 21.9. The zero-order valence-electron chi connectivity index (χ0n) is 35.8. The number of alkyl halides is 9. The molecule has 0 heterocycles. The molecule has 333 valence electrons. The van der Waals surface area contributed by atoms with Crippen molar-refractivity contribution in [3.63, 3.8) is 0 Å². The summed E-state index contributed by atoms with van der Waals surface area (Å²) in [6.45, 7) is 15.3. The van der Waals surface area contributed by atoms with Gasteiger partial charge in [0.15, 0.2) is 0 Å². The van der Waals surface area contributed by atoms with E-state index in [-0.39, 0.29) is 24.1 Å². The second-order valence-corrected chi connectivity index (χ2v) is 61.7. The topological polar surface area (TPSA) is 0 Å². The van der Waals surface area contributed by atoms with Gasteiger partial charge in [0.25, 0.3) is 0 Å². The first-order valence-electron chi connectivity index (χ1n) is 21.3. The molecule has 0 N–H and O–H groups in total. The fourth-order valence-electron chi connectivity index (χ4n) is 10.8. The van der Waals surface area contributed by atoms with Crippen LogP contribution in [0.25, 0.3) is 34.4 Å². The van der Waals surface area contributed by atoms with Gasteiger partial charge in [-0.15, -0.1) is 0 Å². The van der Waals surface area contributed by atoms with Crippen LogP contribution in [0.4, 0.5) is 39.5 Å². The van der Waals surface area contributed by atoms with E-state index in [1.165, 1.54) is 11.1 Å². The van der Waals surface area contributed by atoms with Crippen LogP contribution in [0.15, 0.2) is 96.1 Å². The van der Waals surface area contributed by atoms with Gasteiger partial charge in [-0.1, -0.05) is 0 Å². The summed E-state index contributed by atoms with van der Waals surface area (Å²) in [4.78, 5) is 0. The van der Waals surface area contributed by atoms with Crippen molar-refractivity contribution in [1.82, 2.24) is 0 Å². The molecule has 4 aromatic carbocycles. The van der Waals surface area contributed by atoms with E-state index in [0.717, 1.165) is 71.2 Å². The predicted octanol–water partition coefficient (Wildman–Crippen LogP) is 17.0. The van der Waals surface area contributed by atoms with Crippen LogP contribution in [0.5, 0.6) is 0 Å². The summed E-state index contributed by atoms with van der Waals surface area (Å²) in [5, 5.41) is 0. The molecular weight excluding hydrogens is 950 g/mol. The second-order valence-electron chi connectivity index (χ2n) is 19.2. The van der Waals surface area contributed by atoms with Crippen molar-refractivity contribution in [2.24, 2.45) is 11.8 Å². The average Bonchev–Trinajstić information content (AvgIpc) is 3.77. The van der Waals surface area contributed by atoms with Gasteiger partial charge in [-0.3, -0.25) is 0 Å². The number of halogens is 11. The van der Waals surface area contributed by atoms with Crippen LogP contribution in [-0.4, -0.2) is 24.5 Å². The molecule has 3 aliphatic rings. The molecule has 1 fully saturated rings. The third-order valence-corrected chi connectivity index (χ3v) is 66.1. The Hall–Kier alpha value is -2.59. The van der Waals surface area contributed by atoms with Gasteiger partial charge in [-0.25, -0.2) is 0 Å². The van der Waals surface area contributed by atoms with Gasteiger partial charge in [0.1, 0.15) is 0 Å². The molecule has 4 aromatic rings. The molecule has 3 aliphatic carbocycles. The fraction of sp³-hybridized carbons (Fsp3) is 0.429. The van der Waals surface area contributed by atoms with E-state index in [1.54, 1.807) is 12.1 Å². The van der Waals surface area contributed by atoms with Gasteiger partial charge < -0.3 is 0 Å². The van der Waals surface area contributed by atoms with E-state index in [2.05, 4.69) is 89.3 Å². The number of hydrogen-bond acceptors (Lipinski definition) is 0. The van der Waals surface area contributed by atoms with Gasteiger partial charge in [0.05, 0.1) is 0 Å². The zero-order chi connectivity index (χ0) is 45.6. The Balaban J connectivity index is 1.40. The summed E-state index contributed by atoms with van der Waals surface area (Å²) in [5.74, 6) is -1.16. The van der Waals surface area contributed by atoms with Gasteiger partial charge in [-0.2, -0.15) is 0 Å². The molecule has 1 saturated carbocycles. The Bertz CT molecular complexity index is 2360. The van der Waals surface area contributed by atoms with Crippen molar-refractivity contribution in [2.75, 3.05) is 0 Å². The van der Waals surface area contributed by atoms with Gasteiger partial charge in [-0.05, 0) is 0 Å². The summed E-state index contributed by atoms with van der Waals surface area (Å²) >= 11 is -5.38. The van der Waals surface area contributed by atoms with Crippen molar-refractivity contribution in [2.45, 2.75) is 116 Å². The summed E-state index contributed by atoms with van der Waals surface area (Å²) in [5.41, 5.74) is 2.10. The Morgan fingerprint density at radius 2 is 1.03 bits per heavy atom. The quantitative estimate of drug-likeness (QED) is 0.122. The third-order valence-electron chi connectivity index (χ3n) is 14.3. The number of benzene rings is 4. The maximum atomic E-state index is 14.1. The summed E-state index contributed by atoms with van der Waals surface area (Å²) in [6.07, 6.45) is -11.0. The van der Waals surface area contributed by atoms with E-state index in [0.29, 0.717) is 35.6 Å². The summed E-state index contributed by atoms with van der Waals surface area (Å²) in [6, 6.07) is 23.0. The van der Waals surface area contributed by atoms with Crippen molar-refractivity contribution in [3.8, 4) is 22.3 Å². The Kier molecular flexibility index (Phi) is 12.3. The Morgan fingerprint density at radius 3 is 1.45 bits per heavy atom. The zero-order valence-corrected chi connectivity index (χ0v) is 40.9. The molecule has 0 saturated heterocycles. The van der Waals surface area contributed by atoms with Gasteiger partial charge >= 0.3 is 370 Å². The maximum absolute atomic E-state index is 14.1. The van der Waals surface area contributed by atoms with Crippen LogP contribution in [-0.2, 0) is 26.4 Å². The van der Waals surface area contributed by atoms with E-state index < -0.39 is 51.0 Å². The van der Waals surface area contributed by atoms with Crippen molar-refractivity contribution in [3.05, 3.63) is 129 Å². The van der Waals surface area contributed by atoms with E-state index in [1.807, 2.05) is 19.1 Å². The molecule has 0 amide bonds. The molecule has 2 unspecified atom stereocenters. The number of hydrogen-bond donors (Lipinski definition) is 0. The first-order chi connectivity index (χ1) is 28.7. The molecule has 13 heteroatoms. The molecule has 7 rings (SSSR count). The third kappa shape index (κ3) is 7.47. The van der Waals surface area contributed by atoms with Crippen LogP contribution < -0.4 is 0 Å². The van der Waals surface area contributed by atoms with Crippen LogP contribution in [0.2, 0.25) is 13.1 Å². The average molecular weight is 1000 g/mol. The molecular formula is C49H52Cl2F9SiZr. The van der Waals surface area contributed by atoms with Crippen molar-refractivity contribution < 1.29 is 55.1 Å². The number of rotatable bonds is 8. The molecule has 0 aliphatic heterocycles. The van der Waals surface area contributed by atoms with Crippen LogP contribution >= 0.6 is 17.0 Å². The summed E-state index contributed by atoms with van der Waals surface area (Å²) < 4.78 is 126. The number of fused-ring (bicyclic) bond motifs is 2. The Morgan fingerprint density at radius 1 is 0.597 bits per heavy atom. The van der Waals surface area contributed by atoms with Crippen LogP contribution in [0.1, 0.15) is 107 Å². The Labute approximate surface area is 367 Å². The predicted molar refractivity (Wildman–Crippen MR) is 236 cm³/mol. The molecule has 0 radical (unpaired) electrons. The molecule has 0 aromatic heterocycles. The van der Waals surface area contributed by atoms with Crippen LogP contribution in [0, 0.1) is 11.8 Å². The van der Waals surface area contributed by atoms with Gasteiger partial charge in [0.2, 0.25) is 0 Å². The minimum atomic E-state index is -6.71. The fourth-order valence-corrected chi connectivity index (χ4v) is 42.2. The molecule has 62 heavy (non-hydrogen) atoms. The first kappa shape index (κ1) is 47.4. The van der Waals surface area contributed by atoms with E-state index >= 15 is 0 Å². The van der Waals surface area contributed by atoms with Crippen molar-refractivity contribution in [1.29, 1.82) is 0 Å². The van der Waals surface area contributed by atoms with Gasteiger partial charge in [0, 0.05) is 0 Å². The molecule has 0 spiro atoms.